The fourth-order valence-corrected chi connectivity index (χ4v) is 3.55. The van der Waals surface area contributed by atoms with Gasteiger partial charge in [-0.3, -0.25) is 13.9 Å². The number of para-hydroxylation sites is 2. The van der Waals surface area contributed by atoms with E-state index in [1.807, 2.05) is 41.0 Å². The molecule has 5 nitrogen and oxygen atoms in total. The summed E-state index contributed by atoms with van der Waals surface area (Å²) in [7, 11) is 0. The molecular formula is C21H23ClN2NaO3. The van der Waals surface area contributed by atoms with Crippen molar-refractivity contribution < 1.29 is 9.90 Å². The maximum atomic E-state index is 13.1. The largest absolute Gasteiger partial charge is 0.481 e. The summed E-state index contributed by atoms with van der Waals surface area (Å²) in [6.07, 6.45) is 4.69. The number of carbonyl (C=O) groups is 1. The summed E-state index contributed by atoms with van der Waals surface area (Å²) in [5, 5.41) is 9.26. The third kappa shape index (κ3) is 5.51. The van der Waals surface area contributed by atoms with Crippen LogP contribution in [0.3, 0.4) is 0 Å². The standard InChI is InChI=1S/C21H23ClN2O3.Na/c22-16-9-8-10-17(15-16)24-19-12-6-5-11-18(19)23(21(24)27)14-7-3-1-2-4-13-20(25)26;/h5-6,8-12,15H,1-4,7,13-14H2,(H,25,26);. The van der Waals surface area contributed by atoms with Gasteiger partial charge in [-0.05, 0) is 43.2 Å². The van der Waals surface area contributed by atoms with Gasteiger partial charge >= 0.3 is 11.7 Å². The molecule has 3 rings (SSSR count). The molecule has 0 unspecified atom stereocenters. The fourth-order valence-electron chi connectivity index (χ4n) is 3.37. The van der Waals surface area contributed by atoms with E-state index in [0.717, 1.165) is 42.4 Å². The van der Waals surface area contributed by atoms with Crippen LogP contribution in [0, 0.1) is 0 Å². The first kappa shape index (κ1) is 22.8. The number of halogens is 1. The van der Waals surface area contributed by atoms with Crippen molar-refractivity contribution in [3.05, 3.63) is 64.0 Å². The van der Waals surface area contributed by atoms with E-state index in [2.05, 4.69) is 0 Å². The minimum absolute atomic E-state index is 0. The van der Waals surface area contributed by atoms with E-state index in [9.17, 15) is 9.59 Å². The Morgan fingerprint density at radius 1 is 0.929 bits per heavy atom. The number of aromatic nitrogens is 2. The third-order valence-electron chi connectivity index (χ3n) is 4.67. The second-order valence-corrected chi connectivity index (χ2v) is 7.09. The van der Waals surface area contributed by atoms with Crippen LogP contribution in [0.4, 0.5) is 0 Å². The molecule has 143 valence electrons. The number of hydrogen-bond donors (Lipinski definition) is 1. The van der Waals surface area contributed by atoms with Crippen molar-refractivity contribution in [1.29, 1.82) is 0 Å². The Balaban J connectivity index is 0.00000280. The Bertz CT molecular complexity index is 997. The molecule has 0 fully saturated rings. The van der Waals surface area contributed by atoms with E-state index in [0.29, 0.717) is 18.0 Å². The first-order valence-electron chi connectivity index (χ1n) is 9.26. The number of aryl methyl sites for hydroxylation is 1. The Hall–Kier alpha value is -1.53. The number of rotatable bonds is 9. The van der Waals surface area contributed by atoms with Gasteiger partial charge in [0.05, 0.1) is 16.7 Å². The molecule has 7 heteroatoms. The van der Waals surface area contributed by atoms with Gasteiger partial charge in [0.25, 0.3) is 0 Å². The van der Waals surface area contributed by atoms with Crippen LogP contribution in [-0.2, 0) is 11.3 Å². The van der Waals surface area contributed by atoms with Crippen LogP contribution in [0.1, 0.15) is 38.5 Å². The molecule has 1 aromatic heterocycles. The molecular weight excluding hydrogens is 387 g/mol. The van der Waals surface area contributed by atoms with E-state index in [-0.39, 0.29) is 41.7 Å². The Labute approximate surface area is 191 Å². The van der Waals surface area contributed by atoms with Crippen molar-refractivity contribution in [2.75, 3.05) is 0 Å². The zero-order chi connectivity index (χ0) is 19.2. The number of carboxylic acids is 1. The minimum atomic E-state index is -0.740. The quantitative estimate of drug-likeness (QED) is 0.418. The minimum Gasteiger partial charge on any atom is -0.481 e. The summed E-state index contributed by atoms with van der Waals surface area (Å²) in [6, 6.07) is 15.1. The molecule has 3 aromatic rings. The van der Waals surface area contributed by atoms with Crippen molar-refractivity contribution >= 4 is 58.2 Å². The second-order valence-electron chi connectivity index (χ2n) is 6.65. The van der Waals surface area contributed by atoms with E-state index in [1.165, 1.54) is 0 Å². The van der Waals surface area contributed by atoms with Crippen molar-refractivity contribution in [3.63, 3.8) is 0 Å². The van der Waals surface area contributed by atoms with Crippen LogP contribution < -0.4 is 5.69 Å². The Morgan fingerprint density at radius 2 is 1.61 bits per heavy atom. The summed E-state index contributed by atoms with van der Waals surface area (Å²) in [6.45, 7) is 0.645. The number of unbranched alkanes of at least 4 members (excludes halogenated alkanes) is 4. The van der Waals surface area contributed by atoms with Crippen molar-refractivity contribution in [2.45, 2.75) is 45.1 Å². The number of nitrogens with zero attached hydrogens (tertiary/aromatic N) is 2. The van der Waals surface area contributed by atoms with E-state index in [1.54, 1.807) is 16.7 Å². The summed E-state index contributed by atoms with van der Waals surface area (Å²) in [5.41, 5.74) is 2.47. The molecule has 1 N–H and O–H groups in total. The smallest absolute Gasteiger partial charge is 0.333 e. The van der Waals surface area contributed by atoms with E-state index >= 15 is 0 Å². The normalized spacial score (nSPS) is 10.8. The van der Waals surface area contributed by atoms with Crippen LogP contribution in [0.15, 0.2) is 53.3 Å². The molecule has 0 atom stereocenters. The zero-order valence-electron chi connectivity index (χ0n) is 16.1. The molecule has 0 aliphatic rings. The summed E-state index contributed by atoms with van der Waals surface area (Å²) >= 11 is 6.11. The number of benzene rings is 2. The van der Waals surface area contributed by atoms with Crippen LogP contribution in [0.25, 0.3) is 16.7 Å². The predicted molar refractivity (Wildman–Crippen MR) is 114 cm³/mol. The summed E-state index contributed by atoms with van der Waals surface area (Å²) < 4.78 is 3.52. The maximum absolute atomic E-state index is 13.1. The number of aliphatic carboxylic acids is 1. The van der Waals surface area contributed by atoms with Gasteiger partial charge in [0.15, 0.2) is 0 Å². The van der Waals surface area contributed by atoms with Gasteiger partial charge < -0.3 is 5.11 Å². The number of fused-ring (bicyclic) bond motifs is 1. The van der Waals surface area contributed by atoms with Gasteiger partial charge in [-0.1, -0.05) is 49.1 Å². The SMILES string of the molecule is O=C(O)CCCCCCCn1c(=O)n(-c2cccc(Cl)c2)c2ccccc21.[Na]. The zero-order valence-corrected chi connectivity index (χ0v) is 18.9. The van der Waals surface area contributed by atoms with Gasteiger partial charge in [-0.15, -0.1) is 0 Å². The second kappa shape index (κ2) is 10.9. The summed E-state index contributed by atoms with van der Waals surface area (Å²) in [4.78, 5) is 23.6. The van der Waals surface area contributed by atoms with Gasteiger partial charge in [-0.25, -0.2) is 4.79 Å². The van der Waals surface area contributed by atoms with Crippen molar-refractivity contribution in [1.82, 2.24) is 9.13 Å². The van der Waals surface area contributed by atoms with Crippen LogP contribution in [0.5, 0.6) is 0 Å². The average molecular weight is 410 g/mol. The molecule has 1 heterocycles. The third-order valence-corrected chi connectivity index (χ3v) is 4.91. The van der Waals surface area contributed by atoms with Gasteiger partial charge in [0.2, 0.25) is 0 Å². The summed E-state index contributed by atoms with van der Waals surface area (Å²) in [5.74, 6) is -0.740. The fraction of sp³-hybridized carbons (Fsp3) is 0.333. The molecule has 0 aliphatic carbocycles. The Morgan fingerprint density at radius 3 is 2.32 bits per heavy atom. The maximum Gasteiger partial charge on any atom is 0.333 e. The van der Waals surface area contributed by atoms with E-state index in [4.69, 9.17) is 16.7 Å². The topological polar surface area (TPSA) is 64.2 Å². The molecule has 28 heavy (non-hydrogen) atoms. The monoisotopic (exact) mass is 409 g/mol. The van der Waals surface area contributed by atoms with Crippen molar-refractivity contribution in [2.24, 2.45) is 0 Å². The average Bonchev–Trinajstić information content (AvgIpc) is 2.92. The molecule has 1 radical (unpaired) electrons. The first-order valence-corrected chi connectivity index (χ1v) is 9.64. The number of carboxylic acid groups (broad SMARTS) is 1. The van der Waals surface area contributed by atoms with E-state index < -0.39 is 5.97 Å². The first-order chi connectivity index (χ1) is 13.1. The predicted octanol–water partition coefficient (Wildman–Crippen LogP) is 4.49. The molecule has 0 saturated carbocycles. The van der Waals surface area contributed by atoms with Crippen LogP contribution in [-0.4, -0.2) is 49.8 Å². The van der Waals surface area contributed by atoms with Gasteiger partial charge in [-0.2, -0.15) is 0 Å². The van der Waals surface area contributed by atoms with Gasteiger partial charge in [0.1, 0.15) is 0 Å². The van der Waals surface area contributed by atoms with Gasteiger partial charge in [0, 0.05) is 47.5 Å². The number of imidazole rings is 1. The molecule has 0 amide bonds. The molecule has 2 aromatic carbocycles. The van der Waals surface area contributed by atoms with Crippen LogP contribution in [0.2, 0.25) is 5.02 Å². The molecule has 0 saturated heterocycles. The molecule has 0 bridgehead atoms. The Kier molecular flexibility index (Phi) is 8.83. The molecule has 0 aliphatic heterocycles. The number of hydrogen-bond acceptors (Lipinski definition) is 2. The van der Waals surface area contributed by atoms with Crippen LogP contribution >= 0.6 is 11.6 Å². The molecule has 0 spiro atoms. The van der Waals surface area contributed by atoms with Crippen molar-refractivity contribution in [3.8, 4) is 5.69 Å².